The molecule has 2 rings (SSSR count). The maximum atomic E-state index is 9.86. The Balaban J connectivity index is 2.39. The first kappa shape index (κ1) is 15.2. The maximum Gasteiger partial charge on any atom is 0.0596 e. The second-order valence-electron chi connectivity index (χ2n) is 5.18. The fourth-order valence-corrected chi connectivity index (χ4v) is 2.69. The number of aryl methyl sites for hydroxylation is 2. The van der Waals surface area contributed by atoms with Gasteiger partial charge in [-0.25, -0.2) is 0 Å². The van der Waals surface area contributed by atoms with Gasteiger partial charge in [-0.05, 0) is 30.7 Å². The van der Waals surface area contributed by atoms with Crippen molar-refractivity contribution in [3.05, 3.63) is 51.8 Å². The predicted molar refractivity (Wildman–Crippen MR) is 81.6 cm³/mol. The molecule has 0 aliphatic rings. The Hall–Kier alpha value is -1.17. The third-order valence-electron chi connectivity index (χ3n) is 3.68. The van der Waals surface area contributed by atoms with E-state index in [2.05, 4.69) is 21.0 Å². The van der Waals surface area contributed by atoms with Crippen molar-refractivity contribution in [2.45, 2.75) is 18.8 Å². The van der Waals surface area contributed by atoms with Gasteiger partial charge in [-0.2, -0.15) is 5.10 Å². The second kappa shape index (κ2) is 6.08. The van der Waals surface area contributed by atoms with E-state index in [0.29, 0.717) is 6.42 Å². The number of aromatic nitrogens is 2. The van der Waals surface area contributed by atoms with Gasteiger partial charge in [-0.15, -0.1) is 0 Å². The van der Waals surface area contributed by atoms with Gasteiger partial charge in [0, 0.05) is 29.1 Å². The zero-order valence-electron chi connectivity index (χ0n) is 11.7. The smallest absolute Gasteiger partial charge is 0.0596 e. The van der Waals surface area contributed by atoms with Crippen molar-refractivity contribution in [3.63, 3.8) is 0 Å². The predicted octanol–water partition coefficient (Wildman–Crippen LogP) is 1.96. The van der Waals surface area contributed by atoms with Gasteiger partial charge in [-0.3, -0.25) is 4.68 Å². The van der Waals surface area contributed by atoms with Crippen molar-refractivity contribution < 1.29 is 10.2 Å². The topological polar surface area (TPSA) is 58.3 Å². The summed E-state index contributed by atoms with van der Waals surface area (Å²) in [6, 6.07) is 9.69. The fraction of sp³-hybridized carbons (Fsp3) is 0.400. The number of halogens is 1. The van der Waals surface area contributed by atoms with Gasteiger partial charge in [-0.1, -0.05) is 28.1 Å². The van der Waals surface area contributed by atoms with Gasteiger partial charge in [0.1, 0.15) is 0 Å². The number of aliphatic hydroxyl groups excluding tert-OH is 2. The Bertz CT molecular complexity index is 574. The lowest BCUT2D eigenvalue weighted by Crippen LogP contribution is -2.37. The molecule has 5 heteroatoms. The first-order chi connectivity index (χ1) is 9.50. The summed E-state index contributed by atoms with van der Waals surface area (Å²) >= 11 is 3.40. The van der Waals surface area contributed by atoms with Gasteiger partial charge in [0.25, 0.3) is 0 Å². The molecule has 1 aromatic heterocycles. The van der Waals surface area contributed by atoms with E-state index in [1.54, 1.807) is 4.68 Å². The highest BCUT2D eigenvalue weighted by molar-refractivity contribution is 9.10. The van der Waals surface area contributed by atoms with E-state index in [1.807, 2.05) is 44.3 Å². The number of rotatable bonds is 5. The first-order valence-electron chi connectivity index (χ1n) is 6.48. The zero-order valence-corrected chi connectivity index (χ0v) is 13.3. The largest absolute Gasteiger partial charge is 0.395 e. The summed E-state index contributed by atoms with van der Waals surface area (Å²) in [5.41, 5.74) is 2.15. The zero-order chi connectivity index (χ0) is 14.8. The minimum Gasteiger partial charge on any atom is -0.395 e. The van der Waals surface area contributed by atoms with Crippen LogP contribution in [0.1, 0.15) is 17.0 Å². The molecule has 0 unspecified atom stereocenters. The maximum absolute atomic E-state index is 9.86. The highest BCUT2D eigenvalue weighted by atomic mass is 79.9. The fourth-order valence-electron chi connectivity index (χ4n) is 2.43. The molecule has 0 fully saturated rings. The molecule has 0 bridgehead atoms. The van der Waals surface area contributed by atoms with Crippen LogP contribution >= 0.6 is 15.9 Å². The van der Waals surface area contributed by atoms with Gasteiger partial charge < -0.3 is 10.2 Å². The Morgan fingerprint density at radius 1 is 1.20 bits per heavy atom. The monoisotopic (exact) mass is 338 g/mol. The van der Waals surface area contributed by atoms with Crippen LogP contribution in [-0.4, -0.2) is 33.2 Å². The molecule has 20 heavy (non-hydrogen) atoms. The lowest BCUT2D eigenvalue weighted by Gasteiger charge is -2.30. The van der Waals surface area contributed by atoms with Crippen molar-refractivity contribution >= 4 is 15.9 Å². The molecule has 0 atom stereocenters. The number of benzene rings is 1. The molecule has 1 heterocycles. The van der Waals surface area contributed by atoms with E-state index < -0.39 is 5.41 Å². The molecule has 108 valence electrons. The number of hydrogen-bond donors (Lipinski definition) is 2. The van der Waals surface area contributed by atoms with Crippen molar-refractivity contribution in [3.8, 4) is 0 Å². The molecule has 2 aromatic rings. The number of nitrogens with zero attached hydrogens (tertiary/aromatic N) is 2. The van der Waals surface area contributed by atoms with E-state index >= 15 is 0 Å². The quantitative estimate of drug-likeness (QED) is 0.876. The van der Waals surface area contributed by atoms with Crippen molar-refractivity contribution in [2.24, 2.45) is 7.05 Å². The van der Waals surface area contributed by atoms with Crippen LogP contribution in [0.3, 0.4) is 0 Å². The van der Waals surface area contributed by atoms with Crippen molar-refractivity contribution in [1.29, 1.82) is 0 Å². The normalized spacial score (nSPS) is 11.8. The average molecular weight is 339 g/mol. The molecule has 2 N–H and O–H groups in total. The van der Waals surface area contributed by atoms with Crippen LogP contribution in [0.25, 0.3) is 0 Å². The third-order valence-corrected chi connectivity index (χ3v) is 4.21. The van der Waals surface area contributed by atoms with Crippen LogP contribution in [-0.2, 0) is 18.9 Å². The van der Waals surface area contributed by atoms with E-state index in [-0.39, 0.29) is 13.2 Å². The molecule has 1 aromatic carbocycles. The van der Waals surface area contributed by atoms with Crippen LogP contribution in [0.5, 0.6) is 0 Å². The molecule has 4 nitrogen and oxygen atoms in total. The van der Waals surface area contributed by atoms with Gasteiger partial charge >= 0.3 is 0 Å². The summed E-state index contributed by atoms with van der Waals surface area (Å²) in [5, 5.41) is 24.0. The summed E-state index contributed by atoms with van der Waals surface area (Å²) in [6.45, 7) is 1.70. The van der Waals surface area contributed by atoms with E-state index in [9.17, 15) is 10.2 Å². The minimum absolute atomic E-state index is 0.116. The van der Waals surface area contributed by atoms with E-state index in [1.165, 1.54) is 0 Å². The Labute approximate surface area is 127 Å². The molecule has 0 spiro atoms. The third kappa shape index (κ3) is 2.95. The molecule has 0 amide bonds. The van der Waals surface area contributed by atoms with Gasteiger partial charge in [0.15, 0.2) is 0 Å². The molecule has 0 saturated heterocycles. The van der Waals surface area contributed by atoms with Crippen LogP contribution in [0.15, 0.2) is 34.8 Å². The van der Waals surface area contributed by atoms with Gasteiger partial charge in [0.05, 0.1) is 18.9 Å². The molecule has 0 aliphatic heterocycles. The minimum atomic E-state index is -0.694. The summed E-state index contributed by atoms with van der Waals surface area (Å²) in [4.78, 5) is 0. The standard InChI is InChI=1S/C15H19BrN2O2/c1-11-7-14(18(2)17-11)8-15(9-19,10-20)12-3-5-13(16)6-4-12/h3-7,19-20H,8-10H2,1-2H3. The summed E-state index contributed by atoms with van der Waals surface area (Å²) < 4.78 is 2.77. The lowest BCUT2D eigenvalue weighted by molar-refractivity contribution is 0.114. The summed E-state index contributed by atoms with van der Waals surface area (Å²) in [7, 11) is 1.88. The highest BCUT2D eigenvalue weighted by Gasteiger charge is 2.32. The summed E-state index contributed by atoms with van der Waals surface area (Å²) in [5.74, 6) is 0. The number of aliphatic hydroxyl groups is 2. The molecule has 0 saturated carbocycles. The Morgan fingerprint density at radius 3 is 2.25 bits per heavy atom. The van der Waals surface area contributed by atoms with Gasteiger partial charge in [0.2, 0.25) is 0 Å². The first-order valence-corrected chi connectivity index (χ1v) is 7.27. The van der Waals surface area contributed by atoms with Crippen LogP contribution in [0.4, 0.5) is 0 Å². The highest BCUT2D eigenvalue weighted by Crippen LogP contribution is 2.29. The second-order valence-corrected chi connectivity index (χ2v) is 6.10. The lowest BCUT2D eigenvalue weighted by atomic mass is 9.78. The van der Waals surface area contributed by atoms with Crippen LogP contribution in [0, 0.1) is 6.92 Å². The molecule has 0 aliphatic carbocycles. The Morgan fingerprint density at radius 2 is 1.80 bits per heavy atom. The molecular formula is C15H19BrN2O2. The Kier molecular flexibility index (Phi) is 4.62. The van der Waals surface area contributed by atoms with Crippen LogP contribution in [0.2, 0.25) is 0 Å². The van der Waals surface area contributed by atoms with E-state index in [4.69, 9.17) is 0 Å². The SMILES string of the molecule is Cc1cc(CC(CO)(CO)c2ccc(Br)cc2)n(C)n1. The summed E-state index contributed by atoms with van der Waals surface area (Å²) in [6.07, 6.45) is 0.541. The number of hydrogen-bond acceptors (Lipinski definition) is 3. The molecule has 0 radical (unpaired) electrons. The van der Waals surface area contributed by atoms with Crippen molar-refractivity contribution in [2.75, 3.05) is 13.2 Å². The van der Waals surface area contributed by atoms with Crippen LogP contribution < -0.4 is 0 Å². The average Bonchev–Trinajstić information content (AvgIpc) is 2.75. The van der Waals surface area contributed by atoms with Crippen molar-refractivity contribution in [1.82, 2.24) is 9.78 Å². The van der Waals surface area contributed by atoms with E-state index in [0.717, 1.165) is 21.4 Å². The molecular weight excluding hydrogens is 320 g/mol.